The van der Waals surface area contributed by atoms with Gasteiger partial charge in [-0.25, -0.2) is 9.97 Å². The van der Waals surface area contributed by atoms with E-state index in [0.29, 0.717) is 6.42 Å². The van der Waals surface area contributed by atoms with Crippen molar-refractivity contribution >= 4 is 44.3 Å². The van der Waals surface area contributed by atoms with Crippen molar-refractivity contribution in [1.29, 1.82) is 0 Å². The van der Waals surface area contributed by atoms with Crippen LogP contribution in [0.4, 0.5) is 19.0 Å². The number of aryl methyl sites for hydroxylation is 1. The first-order valence-electron chi connectivity index (χ1n) is 9.74. The van der Waals surface area contributed by atoms with E-state index in [1.165, 1.54) is 11.3 Å². The SMILES string of the molecule is CC1(C)CN=C(N2CCN(c3ncnc4sc(CCCC(F)(F)F)cc34)CC2)S1. The number of aliphatic imine (C=N–C) groups is 1. The third kappa shape index (κ3) is 4.96. The first-order chi connectivity index (χ1) is 13.7. The molecule has 2 aliphatic heterocycles. The fourth-order valence-corrected chi connectivity index (χ4v) is 5.67. The van der Waals surface area contributed by atoms with Gasteiger partial charge in [-0.2, -0.15) is 13.2 Å². The highest BCUT2D eigenvalue weighted by atomic mass is 32.2. The van der Waals surface area contributed by atoms with Crippen molar-refractivity contribution in [2.75, 3.05) is 37.6 Å². The van der Waals surface area contributed by atoms with Crippen molar-refractivity contribution in [2.45, 2.75) is 44.0 Å². The second-order valence-electron chi connectivity index (χ2n) is 8.03. The molecule has 29 heavy (non-hydrogen) atoms. The molecule has 0 radical (unpaired) electrons. The summed E-state index contributed by atoms with van der Waals surface area (Å²) >= 11 is 3.31. The van der Waals surface area contributed by atoms with Crippen LogP contribution in [0.1, 0.15) is 31.6 Å². The summed E-state index contributed by atoms with van der Waals surface area (Å²) in [7, 11) is 0. The van der Waals surface area contributed by atoms with Crippen LogP contribution in [0.25, 0.3) is 10.2 Å². The third-order valence-electron chi connectivity index (χ3n) is 5.06. The van der Waals surface area contributed by atoms with Crippen LogP contribution in [0.5, 0.6) is 0 Å². The number of thioether (sulfide) groups is 1. The molecule has 1 saturated heterocycles. The first kappa shape index (κ1) is 20.7. The predicted octanol–water partition coefficient (Wildman–Crippen LogP) is 4.58. The molecule has 0 N–H and O–H groups in total. The van der Waals surface area contributed by atoms with Gasteiger partial charge in [0.05, 0.1) is 11.9 Å². The molecule has 0 aromatic carbocycles. The molecule has 158 valence electrons. The summed E-state index contributed by atoms with van der Waals surface area (Å²) in [5, 5.41) is 2.08. The Kier molecular flexibility index (Phi) is 5.67. The summed E-state index contributed by atoms with van der Waals surface area (Å²) in [5.74, 6) is 0.884. The van der Waals surface area contributed by atoms with Gasteiger partial charge in [-0.05, 0) is 32.8 Å². The summed E-state index contributed by atoms with van der Waals surface area (Å²) in [4.78, 5) is 19.9. The summed E-state index contributed by atoms with van der Waals surface area (Å²) < 4.78 is 37.4. The summed E-state index contributed by atoms with van der Waals surface area (Å²) in [6.07, 6.45) is -2.77. The number of thiophene rings is 1. The summed E-state index contributed by atoms with van der Waals surface area (Å²) in [5.41, 5.74) is 0. The Balaban J connectivity index is 1.42. The lowest BCUT2D eigenvalue weighted by Crippen LogP contribution is -2.48. The standard InChI is InChI=1S/C19H24F3N5S2/c1-18(2)11-23-17(29-18)27-8-6-26(7-9-27)15-14-10-13(4-3-5-19(20,21)22)28-16(14)25-12-24-15/h10,12H,3-9,11H2,1-2H3. The van der Waals surface area contributed by atoms with E-state index in [9.17, 15) is 13.2 Å². The molecule has 2 aliphatic rings. The van der Waals surface area contributed by atoms with Crippen LogP contribution in [0.2, 0.25) is 0 Å². The average Bonchev–Trinajstić information content (AvgIpc) is 3.23. The second kappa shape index (κ2) is 7.94. The van der Waals surface area contributed by atoms with Crippen molar-refractivity contribution in [3.63, 3.8) is 0 Å². The second-order valence-corrected chi connectivity index (χ2v) is 10.8. The molecule has 0 bridgehead atoms. The summed E-state index contributed by atoms with van der Waals surface area (Å²) in [6, 6.07) is 1.97. The van der Waals surface area contributed by atoms with Gasteiger partial charge in [-0.3, -0.25) is 4.99 Å². The maximum atomic E-state index is 12.4. The Morgan fingerprint density at radius 1 is 1.10 bits per heavy atom. The van der Waals surface area contributed by atoms with Gasteiger partial charge in [-0.1, -0.05) is 11.8 Å². The molecule has 0 spiro atoms. The molecular formula is C19H24F3N5S2. The minimum absolute atomic E-state index is 0.105. The number of hydrogen-bond acceptors (Lipinski definition) is 7. The molecule has 2 aromatic rings. The fourth-order valence-electron chi connectivity index (χ4n) is 3.58. The largest absolute Gasteiger partial charge is 0.389 e. The molecule has 1 fully saturated rings. The molecule has 0 aliphatic carbocycles. The molecule has 5 nitrogen and oxygen atoms in total. The Labute approximate surface area is 176 Å². The van der Waals surface area contributed by atoms with E-state index in [2.05, 4.69) is 33.6 Å². The van der Waals surface area contributed by atoms with Crippen molar-refractivity contribution in [1.82, 2.24) is 14.9 Å². The van der Waals surface area contributed by atoms with Crippen LogP contribution in [0, 0.1) is 0 Å². The lowest BCUT2D eigenvalue weighted by molar-refractivity contribution is -0.135. The molecule has 2 aromatic heterocycles. The molecule has 0 atom stereocenters. The molecule has 0 saturated carbocycles. The zero-order chi connectivity index (χ0) is 20.6. The Morgan fingerprint density at radius 2 is 1.83 bits per heavy atom. The van der Waals surface area contributed by atoms with Crippen molar-refractivity contribution in [3.05, 3.63) is 17.3 Å². The highest BCUT2D eigenvalue weighted by molar-refractivity contribution is 8.15. The van der Waals surface area contributed by atoms with E-state index in [4.69, 9.17) is 4.99 Å². The number of amidine groups is 1. The number of nitrogens with zero attached hydrogens (tertiary/aromatic N) is 5. The maximum absolute atomic E-state index is 12.4. The Bertz CT molecular complexity index is 901. The number of piperazine rings is 1. The normalized spacial score (nSPS) is 19.8. The van der Waals surface area contributed by atoms with Gasteiger partial charge in [0, 0.05) is 42.2 Å². The highest BCUT2D eigenvalue weighted by Crippen LogP contribution is 2.35. The quantitative estimate of drug-likeness (QED) is 0.692. The summed E-state index contributed by atoms with van der Waals surface area (Å²) in [6.45, 7) is 8.73. The number of anilines is 1. The number of aromatic nitrogens is 2. The van der Waals surface area contributed by atoms with Gasteiger partial charge in [0.2, 0.25) is 0 Å². The topological polar surface area (TPSA) is 44.6 Å². The van der Waals surface area contributed by atoms with Crippen molar-refractivity contribution < 1.29 is 13.2 Å². The number of fused-ring (bicyclic) bond motifs is 1. The minimum atomic E-state index is -4.10. The zero-order valence-corrected chi connectivity index (χ0v) is 18.1. The van der Waals surface area contributed by atoms with Crippen LogP contribution in [-0.4, -0.2) is 63.7 Å². The van der Waals surface area contributed by atoms with Gasteiger partial charge in [0.15, 0.2) is 5.17 Å². The average molecular weight is 444 g/mol. The van der Waals surface area contributed by atoms with E-state index in [1.54, 1.807) is 6.33 Å². The molecule has 4 rings (SSSR count). The van der Waals surface area contributed by atoms with E-state index >= 15 is 0 Å². The number of hydrogen-bond donors (Lipinski definition) is 0. The van der Waals surface area contributed by atoms with Crippen molar-refractivity contribution in [2.24, 2.45) is 4.99 Å². The predicted molar refractivity (Wildman–Crippen MR) is 114 cm³/mol. The van der Waals surface area contributed by atoms with Gasteiger partial charge in [-0.15, -0.1) is 11.3 Å². The monoisotopic (exact) mass is 443 g/mol. The maximum Gasteiger partial charge on any atom is 0.389 e. The van der Waals surface area contributed by atoms with Crippen molar-refractivity contribution in [3.8, 4) is 0 Å². The molecular weight excluding hydrogens is 419 g/mol. The van der Waals surface area contributed by atoms with Crippen LogP contribution in [-0.2, 0) is 6.42 Å². The van der Waals surface area contributed by atoms with E-state index in [-0.39, 0.29) is 11.2 Å². The lowest BCUT2D eigenvalue weighted by atomic mass is 10.2. The first-order valence-corrected chi connectivity index (χ1v) is 11.4. The molecule has 0 amide bonds. The Hall–Kier alpha value is -1.55. The van der Waals surface area contributed by atoms with E-state index in [1.807, 2.05) is 17.8 Å². The van der Waals surface area contributed by atoms with Crippen LogP contribution in [0.3, 0.4) is 0 Å². The zero-order valence-electron chi connectivity index (χ0n) is 16.5. The smallest absolute Gasteiger partial charge is 0.352 e. The van der Waals surface area contributed by atoms with Gasteiger partial charge in [0.25, 0.3) is 0 Å². The van der Waals surface area contributed by atoms with Gasteiger partial charge in [0.1, 0.15) is 17.0 Å². The molecule has 10 heteroatoms. The number of rotatable bonds is 4. The molecule has 4 heterocycles. The van der Waals surface area contributed by atoms with Crippen LogP contribution >= 0.6 is 23.1 Å². The Morgan fingerprint density at radius 3 is 2.48 bits per heavy atom. The molecule has 0 unspecified atom stereocenters. The third-order valence-corrected chi connectivity index (χ3v) is 7.41. The highest BCUT2D eigenvalue weighted by Gasteiger charge is 2.32. The van der Waals surface area contributed by atoms with Gasteiger partial charge >= 0.3 is 6.18 Å². The number of halogens is 3. The van der Waals surface area contributed by atoms with Crippen LogP contribution < -0.4 is 4.90 Å². The number of alkyl halides is 3. The van der Waals surface area contributed by atoms with E-state index in [0.717, 1.165) is 58.8 Å². The lowest BCUT2D eigenvalue weighted by Gasteiger charge is -2.36. The fraction of sp³-hybridized carbons (Fsp3) is 0.632. The minimum Gasteiger partial charge on any atom is -0.352 e. The van der Waals surface area contributed by atoms with E-state index < -0.39 is 12.6 Å². The van der Waals surface area contributed by atoms with Crippen LogP contribution in [0.15, 0.2) is 17.4 Å². The van der Waals surface area contributed by atoms with Gasteiger partial charge < -0.3 is 9.80 Å².